The Kier molecular flexibility index (Phi) is 4.14. The minimum atomic E-state index is -4.39. The fraction of sp³-hybridized carbons (Fsp3) is 0.643. The average Bonchev–Trinajstić information content (AvgIpc) is 3.13. The van der Waals surface area contributed by atoms with Crippen molar-refractivity contribution in [2.75, 3.05) is 18.0 Å². The summed E-state index contributed by atoms with van der Waals surface area (Å²) in [5.74, 6) is 0.0609. The van der Waals surface area contributed by atoms with Gasteiger partial charge < -0.3 is 10.2 Å². The van der Waals surface area contributed by atoms with Crippen LogP contribution in [0.15, 0.2) is 16.7 Å². The molecule has 2 aliphatic rings. The molecule has 3 nitrogen and oxygen atoms in total. The maximum absolute atomic E-state index is 13.2. The van der Waals surface area contributed by atoms with Crippen LogP contribution in [0.1, 0.15) is 31.2 Å². The third-order valence-electron chi connectivity index (χ3n) is 4.01. The highest BCUT2D eigenvalue weighted by Gasteiger charge is 2.39. The molecule has 0 bridgehead atoms. The summed E-state index contributed by atoms with van der Waals surface area (Å²) >= 11 is 3.08. The second-order valence-electron chi connectivity index (χ2n) is 5.69. The SMILES string of the molecule is FC(F)(F)c1cc(Br)cnc1N1CCCC1CNC1CC1. The van der Waals surface area contributed by atoms with Gasteiger partial charge >= 0.3 is 6.18 Å². The Morgan fingerprint density at radius 1 is 1.33 bits per heavy atom. The highest BCUT2D eigenvalue weighted by molar-refractivity contribution is 9.10. The zero-order valence-corrected chi connectivity index (χ0v) is 13.0. The molecule has 1 saturated heterocycles. The van der Waals surface area contributed by atoms with Gasteiger partial charge in [-0.25, -0.2) is 4.98 Å². The van der Waals surface area contributed by atoms with Crippen LogP contribution in [0.3, 0.4) is 0 Å². The fourth-order valence-corrected chi connectivity index (χ4v) is 3.12. The van der Waals surface area contributed by atoms with E-state index in [0.717, 1.165) is 25.5 Å². The van der Waals surface area contributed by atoms with E-state index in [1.165, 1.54) is 19.0 Å². The Labute approximate surface area is 130 Å². The van der Waals surface area contributed by atoms with Gasteiger partial charge in [-0.3, -0.25) is 0 Å². The highest BCUT2D eigenvalue weighted by atomic mass is 79.9. The van der Waals surface area contributed by atoms with Gasteiger partial charge in [0, 0.05) is 35.8 Å². The number of nitrogens with zero attached hydrogens (tertiary/aromatic N) is 2. The minimum absolute atomic E-state index is 0.0609. The summed E-state index contributed by atoms with van der Waals surface area (Å²) in [6, 6.07) is 1.78. The van der Waals surface area contributed by atoms with Crippen molar-refractivity contribution in [3.8, 4) is 0 Å². The Bertz CT molecular complexity index is 517. The number of anilines is 1. The number of rotatable bonds is 4. The van der Waals surface area contributed by atoms with Gasteiger partial charge in [0.25, 0.3) is 0 Å². The number of alkyl halides is 3. The van der Waals surface area contributed by atoms with Crippen molar-refractivity contribution in [2.45, 2.75) is 43.9 Å². The number of pyridine rings is 1. The summed E-state index contributed by atoms with van der Waals surface area (Å²) in [5, 5.41) is 3.41. The molecule has 1 unspecified atom stereocenters. The van der Waals surface area contributed by atoms with Crippen molar-refractivity contribution in [1.29, 1.82) is 0 Å². The van der Waals surface area contributed by atoms with Gasteiger partial charge in [0.15, 0.2) is 0 Å². The van der Waals surface area contributed by atoms with E-state index in [9.17, 15) is 13.2 Å². The Morgan fingerprint density at radius 2 is 2.10 bits per heavy atom. The predicted molar refractivity (Wildman–Crippen MR) is 78.3 cm³/mol. The van der Waals surface area contributed by atoms with Crippen LogP contribution >= 0.6 is 15.9 Å². The maximum Gasteiger partial charge on any atom is 0.419 e. The van der Waals surface area contributed by atoms with E-state index >= 15 is 0 Å². The zero-order valence-electron chi connectivity index (χ0n) is 11.5. The number of halogens is 4. The molecule has 2 heterocycles. The van der Waals surface area contributed by atoms with Crippen LogP contribution in [-0.4, -0.2) is 30.2 Å². The lowest BCUT2D eigenvalue weighted by Crippen LogP contribution is -2.40. The first-order chi connectivity index (χ1) is 9.95. The van der Waals surface area contributed by atoms with Crippen LogP contribution in [0.5, 0.6) is 0 Å². The van der Waals surface area contributed by atoms with Crippen molar-refractivity contribution < 1.29 is 13.2 Å². The van der Waals surface area contributed by atoms with Gasteiger partial charge in [-0.05, 0) is 47.7 Å². The third-order valence-corrected chi connectivity index (χ3v) is 4.44. The smallest absolute Gasteiger partial charge is 0.352 e. The molecule has 0 amide bonds. The Morgan fingerprint density at radius 3 is 2.76 bits per heavy atom. The van der Waals surface area contributed by atoms with Gasteiger partial charge in [0.1, 0.15) is 5.82 Å². The molecule has 1 N–H and O–H groups in total. The van der Waals surface area contributed by atoms with E-state index in [1.54, 1.807) is 0 Å². The largest absolute Gasteiger partial charge is 0.419 e. The van der Waals surface area contributed by atoms with Gasteiger partial charge in [-0.1, -0.05) is 0 Å². The Hall–Kier alpha value is -0.820. The number of aromatic nitrogens is 1. The van der Waals surface area contributed by atoms with Gasteiger partial charge in [0.05, 0.1) is 5.56 Å². The van der Waals surface area contributed by atoms with Crippen molar-refractivity contribution in [3.63, 3.8) is 0 Å². The molecule has 1 aromatic rings. The van der Waals surface area contributed by atoms with E-state index in [2.05, 4.69) is 26.2 Å². The molecular formula is C14H17BrF3N3. The van der Waals surface area contributed by atoms with Crippen LogP contribution in [0.2, 0.25) is 0 Å². The zero-order chi connectivity index (χ0) is 15.0. The standard InChI is InChI=1S/C14H17BrF3N3/c15-9-6-12(14(16,17)18)13(20-7-9)21-5-1-2-11(21)8-19-10-3-4-10/h6-7,10-11,19H,1-5,8H2. The molecule has 0 radical (unpaired) electrons. The van der Waals surface area contributed by atoms with Crippen LogP contribution in [0.25, 0.3) is 0 Å². The second-order valence-corrected chi connectivity index (χ2v) is 6.61. The van der Waals surface area contributed by atoms with Crippen LogP contribution in [0.4, 0.5) is 19.0 Å². The second kappa shape index (κ2) is 5.76. The van der Waals surface area contributed by atoms with Gasteiger partial charge in [-0.2, -0.15) is 13.2 Å². The summed E-state index contributed by atoms with van der Waals surface area (Å²) in [5.41, 5.74) is -0.657. The predicted octanol–water partition coefficient (Wildman–Crippen LogP) is 3.58. The number of hydrogen-bond donors (Lipinski definition) is 1. The number of hydrogen-bond acceptors (Lipinski definition) is 3. The first-order valence-electron chi connectivity index (χ1n) is 7.18. The monoisotopic (exact) mass is 363 g/mol. The molecule has 1 aliphatic carbocycles. The lowest BCUT2D eigenvalue weighted by molar-refractivity contribution is -0.137. The topological polar surface area (TPSA) is 28.2 Å². The summed E-state index contributed by atoms with van der Waals surface area (Å²) in [4.78, 5) is 5.86. The molecule has 0 spiro atoms. The summed E-state index contributed by atoms with van der Waals surface area (Å²) in [7, 11) is 0. The van der Waals surface area contributed by atoms with E-state index < -0.39 is 11.7 Å². The van der Waals surface area contributed by atoms with Crippen molar-refractivity contribution in [1.82, 2.24) is 10.3 Å². The maximum atomic E-state index is 13.2. The fourth-order valence-electron chi connectivity index (χ4n) is 2.79. The third kappa shape index (κ3) is 3.51. The molecule has 3 rings (SSSR count). The van der Waals surface area contributed by atoms with E-state index in [1.807, 2.05) is 4.90 Å². The molecule has 2 fully saturated rings. The quantitative estimate of drug-likeness (QED) is 0.885. The lowest BCUT2D eigenvalue weighted by Gasteiger charge is -2.28. The molecule has 7 heteroatoms. The molecule has 1 aliphatic heterocycles. The van der Waals surface area contributed by atoms with Crippen molar-refractivity contribution in [3.05, 3.63) is 22.3 Å². The normalized spacial score (nSPS) is 22.9. The minimum Gasteiger partial charge on any atom is -0.352 e. The van der Waals surface area contributed by atoms with E-state index in [-0.39, 0.29) is 11.9 Å². The van der Waals surface area contributed by atoms with Crippen LogP contribution in [0, 0.1) is 0 Å². The molecule has 1 aromatic heterocycles. The summed E-state index contributed by atoms with van der Waals surface area (Å²) < 4.78 is 40.0. The Balaban J connectivity index is 1.83. The van der Waals surface area contributed by atoms with Crippen molar-refractivity contribution >= 4 is 21.7 Å². The van der Waals surface area contributed by atoms with Gasteiger partial charge in [-0.15, -0.1) is 0 Å². The number of nitrogens with one attached hydrogen (secondary N) is 1. The summed E-state index contributed by atoms with van der Waals surface area (Å²) in [6.45, 7) is 1.37. The lowest BCUT2D eigenvalue weighted by atomic mass is 10.2. The average molecular weight is 364 g/mol. The molecular weight excluding hydrogens is 347 g/mol. The first-order valence-corrected chi connectivity index (χ1v) is 7.97. The van der Waals surface area contributed by atoms with Gasteiger partial charge in [0.2, 0.25) is 0 Å². The summed E-state index contributed by atoms with van der Waals surface area (Å²) in [6.07, 6.45) is 1.23. The van der Waals surface area contributed by atoms with Crippen LogP contribution < -0.4 is 10.2 Å². The molecule has 1 saturated carbocycles. The van der Waals surface area contributed by atoms with Crippen LogP contribution in [-0.2, 0) is 6.18 Å². The highest BCUT2D eigenvalue weighted by Crippen LogP contribution is 2.39. The van der Waals surface area contributed by atoms with E-state index in [0.29, 0.717) is 17.1 Å². The molecule has 0 aromatic carbocycles. The first kappa shape index (κ1) is 15.1. The molecule has 21 heavy (non-hydrogen) atoms. The van der Waals surface area contributed by atoms with Crippen molar-refractivity contribution in [2.24, 2.45) is 0 Å². The molecule has 1 atom stereocenters. The molecule has 116 valence electrons. The van der Waals surface area contributed by atoms with E-state index in [4.69, 9.17) is 0 Å².